The third-order valence-electron chi connectivity index (χ3n) is 2.86. The Kier molecular flexibility index (Phi) is 1.59. The first kappa shape index (κ1) is 8.06. The smallest absolute Gasteiger partial charge is 0.0728 e. The van der Waals surface area contributed by atoms with Crippen molar-refractivity contribution in [2.75, 3.05) is 0 Å². The fourth-order valence-electron chi connectivity index (χ4n) is 1.72. The summed E-state index contributed by atoms with van der Waals surface area (Å²) in [4.78, 5) is 0. The van der Waals surface area contributed by atoms with Crippen LogP contribution in [-0.2, 0) is 0 Å². The fourth-order valence-corrected chi connectivity index (χ4v) is 1.72. The van der Waals surface area contributed by atoms with Gasteiger partial charge in [-0.15, -0.1) is 0 Å². The molecule has 0 aromatic heterocycles. The third kappa shape index (κ3) is 0.968. The predicted octanol–water partition coefficient (Wildman–Crippen LogP) is 2.19. The molecule has 1 heteroatoms. The summed E-state index contributed by atoms with van der Waals surface area (Å²) in [5.74, 6) is 0.562. The summed E-state index contributed by atoms with van der Waals surface area (Å²) in [7, 11) is 0. The third-order valence-corrected chi connectivity index (χ3v) is 2.86. The van der Waals surface area contributed by atoms with E-state index in [9.17, 15) is 5.11 Å². The van der Waals surface area contributed by atoms with Gasteiger partial charge in [0.05, 0.1) is 5.60 Å². The van der Waals surface area contributed by atoms with Crippen molar-refractivity contribution in [3.63, 3.8) is 0 Å². The van der Waals surface area contributed by atoms with Gasteiger partial charge in [0.15, 0.2) is 0 Å². The number of hydrogen-bond acceptors (Lipinski definition) is 1. The second-order valence-corrected chi connectivity index (χ2v) is 4.48. The van der Waals surface area contributed by atoms with Gasteiger partial charge in [-0.2, -0.15) is 0 Å². The van der Waals surface area contributed by atoms with Gasteiger partial charge in [-0.25, -0.2) is 0 Å². The molecule has 10 heavy (non-hydrogen) atoms. The van der Waals surface area contributed by atoms with E-state index in [0.29, 0.717) is 5.92 Å². The van der Waals surface area contributed by atoms with Crippen molar-refractivity contribution in [3.8, 4) is 0 Å². The first-order valence-electron chi connectivity index (χ1n) is 4.14. The molecular formula is C9H18O. The Hall–Kier alpha value is -0.0400. The summed E-state index contributed by atoms with van der Waals surface area (Å²) >= 11 is 0. The van der Waals surface area contributed by atoms with Crippen LogP contribution >= 0.6 is 0 Å². The van der Waals surface area contributed by atoms with Crippen LogP contribution in [0.1, 0.15) is 40.5 Å². The molecule has 0 radical (unpaired) electrons. The molecule has 1 aliphatic carbocycles. The minimum absolute atomic E-state index is 0.0771. The molecule has 0 aromatic carbocycles. The Morgan fingerprint density at radius 2 is 2.00 bits per heavy atom. The highest BCUT2D eigenvalue weighted by atomic mass is 16.3. The Bertz CT molecular complexity index is 134. The zero-order valence-corrected chi connectivity index (χ0v) is 7.44. The zero-order valence-electron chi connectivity index (χ0n) is 7.44. The van der Waals surface area contributed by atoms with Gasteiger partial charge in [0.25, 0.3) is 0 Å². The maximum absolute atomic E-state index is 9.93. The minimum atomic E-state index is -0.345. The van der Waals surface area contributed by atoms with Crippen LogP contribution in [0.4, 0.5) is 0 Å². The van der Waals surface area contributed by atoms with Gasteiger partial charge in [0.2, 0.25) is 0 Å². The van der Waals surface area contributed by atoms with Crippen molar-refractivity contribution < 1.29 is 5.11 Å². The number of rotatable bonds is 1. The van der Waals surface area contributed by atoms with Crippen molar-refractivity contribution in [2.24, 2.45) is 11.3 Å². The van der Waals surface area contributed by atoms with E-state index < -0.39 is 0 Å². The lowest BCUT2D eigenvalue weighted by Crippen LogP contribution is -2.30. The maximum Gasteiger partial charge on any atom is 0.0728 e. The molecule has 1 nitrogen and oxygen atoms in total. The monoisotopic (exact) mass is 142 g/mol. The maximum atomic E-state index is 9.93. The van der Waals surface area contributed by atoms with Crippen LogP contribution < -0.4 is 0 Å². The van der Waals surface area contributed by atoms with Crippen molar-refractivity contribution >= 4 is 0 Å². The topological polar surface area (TPSA) is 20.2 Å². The second-order valence-electron chi connectivity index (χ2n) is 4.48. The van der Waals surface area contributed by atoms with Crippen LogP contribution in [0.5, 0.6) is 0 Å². The molecule has 0 aromatic rings. The van der Waals surface area contributed by atoms with E-state index in [0.717, 1.165) is 12.8 Å². The summed E-state index contributed by atoms with van der Waals surface area (Å²) in [6.45, 7) is 8.49. The molecular weight excluding hydrogens is 124 g/mol. The molecule has 60 valence electrons. The van der Waals surface area contributed by atoms with Crippen LogP contribution in [0, 0.1) is 11.3 Å². The highest BCUT2D eigenvalue weighted by molar-refractivity contribution is 5.09. The summed E-state index contributed by atoms with van der Waals surface area (Å²) in [6.07, 6.45) is 2.13. The number of aliphatic hydroxyl groups is 1. The van der Waals surface area contributed by atoms with E-state index in [1.807, 2.05) is 0 Å². The van der Waals surface area contributed by atoms with Crippen LogP contribution in [0.3, 0.4) is 0 Å². The van der Waals surface area contributed by atoms with E-state index >= 15 is 0 Å². The normalized spacial score (nSPS) is 39.9. The minimum Gasteiger partial charge on any atom is -0.389 e. The lowest BCUT2D eigenvalue weighted by Gasteiger charge is -2.26. The molecule has 0 spiro atoms. The van der Waals surface area contributed by atoms with Crippen molar-refractivity contribution in [1.29, 1.82) is 0 Å². The van der Waals surface area contributed by atoms with Crippen LogP contribution in [0.15, 0.2) is 0 Å². The SMILES string of the molecule is CCC1CC1(O)C(C)(C)C. The second kappa shape index (κ2) is 1.97. The Morgan fingerprint density at radius 1 is 1.50 bits per heavy atom. The van der Waals surface area contributed by atoms with Crippen molar-refractivity contribution in [1.82, 2.24) is 0 Å². The zero-order chi connectivity index (χ0) is 7.99. The first-order chi connectivity index (χ1) is 4.42. The fraction of sp³-hybridized carbons (Fsp3) is 1.00. The molecule has 1 saturated carbocycles. The largest absolute Gasteiger partial charge is 0.389 e. The van der Waals surface area contributed by atoms with Gasteiger partial charge in [-0.1, -0.05) is 34.1 Å². The quantitative estimate of drug-likeness (QED) is 0.595. The van der Waals surface area contributed by atoms with Crippen molar-refractivity contribution in [3.05, 3.63) is 0 Å². The molecule has 2 atom stereocenters. The predicted molar refractivity (Wildman–Crippen MR) is 42.8 cm³/mol. The van der Waals surface area contributed by atoms with Crippen molar-refractivity contribution in [2.45, 2.75) is 46.1 Å². The van der Waals surface area contributed by atoms with E-state index in [2.05, 4.69) is 27.7 Å². The molecule has 1 fully saturated rings. The lowest BCUT2D eigenvalue weighted by molar-refractivity contribution is 0.0212. The highest BCUT2D eigenvalue weighted by Crippen LogP contribution is 2.56. The van der Waals surface area contributed by atoms with Crippen LogP contribution in [0.25, 0.3) is 0 Å². The van der Waals surface area contributed by atoms with E-state index in [-0.39, 0.29) is 11.0 Å². The number of hydrogen-bond donors (Lipinski definition) is 1. The standard InChI is InChI=1S/C9H18O/c1-5-7-6-9(7,10)8(2,3)4/h7,10H,5-6H2,1-4H3. The molecule has 0 heterocycles. The average Bonchev–Trinajstić information content (AvgIpc) is 2.41. The van der Waals surface area contributed by atoms with Crippen LogP contribution in [0.2, 0.25) is 0 Å². The highest BCUT2D eigenvalue weighted by Gasteiger charge is 2.58. The molecule has 2 unspecified atom stereocenters. The van der Waals surface area contributed by atoms with Crippen LogP contribution in [-0.4, -0.2) is 10.7 Å². The molecule has 1 aliphatic rings. The first-order valence-corrected chi connectivity index (χ1v) is 4.14. The molecule has 0 bridgehead atoms. The van der Waals surface area contributed by atoms with E-state index in [4.69, 9.17) is 0 Å². The molecule has 0 aliphatic heterocycles. The van der Waals surface area contributed by atoms with Gasteiger partial charge in [0, 0.05) is 0 Å². The average molecular weight is 142 g/mol. The van der Waals surface area contributed by atoms with Gasteiger partial charge in [-0.05, 0) is 17.8 Å². The Morgan fingerprint density at radius 3 is 2.10 bits per heavy atom. The van der Waals surface area contributed by atoms with Gasteiger partial charge >= 0.3 is 0 Å². The summed E-state index contributed by atoms with van der Waals surface area (Å²) in [5.41, 5.74) is -0.268. The molecule has 0 saturated heterocycles. The molecule has 1 rings (SSSR count). The van der Waals surface area contributed by atoms with E-state index in [1.165, 1.54) is 0 Å². The summed E-state index contributed by atoms with van der Waals surface area (Å²) in [5, 5.41) is 9.93. The van der Waals surface area contributed by atoms with Gasteiger partial charge in [-0.3, -0.25) is 0 Å². The van der Waals surface area contributed by atoms with Gasteiger partial charge < -0.3 is 5.11 Å². The van der Waals surface area contributed by atoms with E-state index in [1.54, 1.807) is 0 Å². The Balaban J connectivity index is 2.59. The Labute approximate surface area is 63.4 Å². The molecule has 1 N–H and O–H groups in total. The van der Waals surface area contributed by atoms with Gasteiger partial charge in [0.1, 0.15) is 0 Å². The summed E-state index contributed by atoms with van der Waals surface area (Å²) in [6, 6.07) is 0. The molecule has 0 amide bonds. The lowest BCUT2D eigenvalue weighted by atomic mass is 9.85. The summed E-state index contributed by atoms with van der Waals surface area (Å²) < 4.78 is 0.